The summed E-state index contributed by atoms with van der Waals surface area (Å²) in [6.45, 7) is 0. The van der Waals surface area contributed by atoms with Crippen LogP contribution < -0.4 is 10.3 Å². The molecule has 0 aliphatic heterocycles. The monoisotopic (exact) mass is 309 g/mol. The SMILES string of the molecule is N#Cc1ccc(Cl)c(NS(=O)(=O)c2ccc(=O)[nH]c2)c1. The minimum atomic E-state index is -3.89. The van der Waals surface area contributed by atoms with Crippen LogP contribution in [-0.2, 0) is 10.0 Å². The van der Waals surface area contributed by atoms with E-state index in [0.29, 0.717) is 0 Å². The van der Waals surface area contributed by atoms with Gasteiger partial charge in [-0.05, 0) is 24.3 Å². The van der Waals surface area contributed by atoms with E-state index < -0.39 is 15.6 Å². The Hall–Kier alpha value is -2.30. The molecule has 0 amide bonds. The summed E-state index contributed by atoms with van der Waals surface area (Å²) in [7, 11) is -3.89. The fourth-order valence-corrected chi connectivity index (χ4v) is 2.70. The smallest absolute Gasteiger partial charge is 0.263 e. The molecule has 102 valence electrons. The standard InChI is InChI=1S/C12H8ClN3O3S/c13-10-3-1-8(6-14)5-11(10)16-20(18,19)9-2-4-12(17)15-7-9/h1-5,7,16H,(H,15,17). The van der Waals surface area contributed by atoms with Crippen LogP contribution in [0.5, 0.6) is 0 Å². The van der Waals surface area contributed by atoms with Crippen LogP contribution in [0, 0.1) is 11.3 Å². The highest BCUT2D eigenvalue weighted by atomic mass is 35.5. The van der Waals surface area contributed by atoms with Crippen molar-refractivity contribution in [2.75, 3.05) is 4.72 Å². The third kappa shape index (κ3) is 2.99. The second kappa shape index (κ2) is 5.36. The minimum Gasteiger partial charge on any atom is -0.328 e. The first-order chi connectivity index (χ1) is 9.42. The van der Waals surface area contributed by atoms with E-state index in [4.69, 9.17) is 16.9 Å². The highest BCUT2D eigenvalue weighted by Crippen LogP contribution is 2.25. The molecule has 0 radical (unpaired) electrons. The molecule has 0 spiro atoms. The first-order valence-corrected chi connectivity index (χ1v) is 7.20. The lowest BCUT2D eigenvalue weighted by molar-refractivity contribution is 0.600. The number of pyridine rings is 1. The van der Waals surface area contributed by atoms with Crippen molar-refractivity contribution in [3.8, 4) is 6.07 Å². The maximum Gasteiger partial charge on any atom is 0.263 e. The number of sulfonamides is 1. The molecule has 0 fully saturated rings. The molecule has 0 bridgehead atoms. The van der Waals surface area contributed by atoms with Gasteiger partial charge in [-0.15, -0.1) is 0 Å². The fourth-order valence-electron chi connectivity index (χ4n) is 1.44. The minimum absolute atomic E-state index is 0.0944. The Morgan fingerprint density at radius 3 is 2.60 bits per heavy atom. The fraction of sp³-hybridized carbons (Fsp3) is 0. The predicted molar refractivity (Wildman–Crippen MR) is 74.0 cm³/mol. The Labute approximate surface area is 119 Å². The molecule has 2 aromatic rings. The number of anilines is 1. The number of nitriles is 1. The number of aromatic nitrogens is 1. The van der Waals surface area contributed by atoms with Crippen LogP contribution in [0.25, 0.3) is 0 Å². The topological polar surface area (TPSA) is 103 Å². The van der Waals surface area contributed by atoms with Gasteiger partial charge in [0.1, 0.15) is 4.90 Å². The van der Waals surface area contributed by atoms with E-state index in [0.717, 1.165) is 12.3 Å². The normalized spacial score (nSPS) is 10.8. The summed E-state index contributed by atoms with van der Waals surface area (Å²) in [6, 6.07) is 8.37. The summed E-state index contributed by atoms with van der Waals surface area (Å²) < 4.78 is 26.4. The van der Waals surface area contributed by atoms with E-state index in [2.05, 4.69) is 9.71 Å². The van der Waals surface area contributed by atoms with Gasteiger partial charge in [0.15, 0.2) is 0 Å². The van der Waals surface area contributed by atoms with Gasteiger partial charge in [-0.2, -0.15) is 5.26 Å². The molecule has 2 N–H and O–H groups in total. The van der Waals surface area contributed by atoms with Crippen molar-refractivity contribution < 1.29 is 8.42 Å². The zero-order valence-corrected chi connectivity index (χ0v) is 11.5. The molecule has 1 aromatic heterocycles. The third-order valence-corrected chi connectivity index (χ3v) is 4.10. The van der Waals surface area contributed by atoms with Gasteiger partial charge in [-0.1, -0.05) is 11.6 Å². The molecule has 1 heterocycles. The summed E-state index contributed by atoms with van der Waals surface area (Å²) in [5, 5.41) is 8.95. The molecule has 0 aliphatic rings. The van der Waals surface area contributed by atoms with Crippen molar-refractivity contribution in [2.24, 2.45) is 0 Å². The lowest BCUT2D eigenvalue weighted by Crippen LogP contribution is -2.15. The van der Waals surface area contributed by atoms with Gasteiger partial charge in [0.25, 0.3) is 10.0 Å². The van der Waals surface area contributed by atoms with Crippen LogP contribution in [0.1, 0.15) is 5.56 Å². The summed E-state index contributed by atoms with van der Waals surface area (Å²) in [4.78, 5) is 13.1. The van der Waals surface area contributed by atoms with E-state index >= 15 is 0 Å². The number of nitrogens with zero attached hydrogens (tertiary/aromatic N) is 1. The van der Waals surface area contributed by atoms with Crippen LogP contribution in [0.2, 0.25) is 5.02 Å². The maximum absolute atomic E-state index is 12.1. The molecule has 0 atom stereocenters. The molecule has 8 heteroatoms. The second-order valence-corrected chi connectivity index (χ2v) is 5.89. The zero-order valence-electron chi connectivity index (χ0n) is 9.92. The summed E-state index contributed by atoms with van der Waals surface area (Å²) >= 11 is 5.88. The van der Waals surface area contributed by atoms with E-state index in [-0.39, 0.29) is 21.2 Å². The Bertz CT molecular complexity index is 832. The lowest BCUT2D eigenvalue weighted by Gasteiger charge is -2.09. The lowest BCUT2D eigenvalue weighted by atomic mass is 10.2. The Kier molecular flexibility index (Phi) is 3.79. The van der Waals surface area contributed by atoms with Gasteiger partial charge < -0.3 is 4.98 Å². The van der Waals surface area contributed by atoms with Gasteiger partial charge in [0.2, 0.25) is 5.56 Å². The van der Waals surface area contributed by atoms with Gasteiger partial charge in [0, 0.05) is 12.3 Å². The van der Waals surface area contributed by atoms with Crippen LogP contribution in [0.3, 0.4) is 0 Å². The highest BCUT2D eigenvalue weighted by molar-refractivity contribution is 7.92. The zero-order chi connectivity index (χ0) is 14.8. The molecular formula is C12H8ClN3O3S. The first-order valence-electron chi connectivity index (χ1n) is 5.33. The Balaban J connectivity index is 2.41. The quantitative estimate of drug-likeness (QED) is 0.900. The summed E-state index contributed by atoms with van der Waals surface area (Å²) in [5.74, 6) is 0. The largest absolute Gasteiger partial charge is 0.328 e. The van der Waals surface area contributed by atoms with Crippen LogP contribution in [0.15, 0.2) is 46.2 Å². The van der Waals surface area contributed by atoms with Gasteiger partial charge >= 0.3 is 0 Å². The predicted octanol–water partition coefficient (Wildman–Crippen LogP) is 1.70. The highest BCUT2D eigenvalue weighted by Gasteiger charge is 2.16. The summed E-state index contributed by atoms with van der Waals surface area (Å²) in [6.07, 6.45) is 1.08. The molecule has 0 aliphatic carbocycles. The van der Waals surface area contributed by atoms with Crippen molar-refractivity contribution in [1.29, 1.82) is 5.26 Å². The van der Waals surface area contributed by atoms with Gasteiger partial charge in [-0.3, -0.25) is 9.52 Å². The first kappa shape index (κ1) is 14.1. The van der Waals surface area contributed by atoms with E-state index in [1.54, 1.807) is 0 Å². The molecule has 0 saturated carbocycles. The molecule has 2 rings (SSSR count). The van der Waals surface area contributed by atoms with E-state index in [1.807, 2.05) is 6.07 Å². The van der Waals surface area contributed by atoms with Crippen molar-refractivity contribution >= 4 is 27.3 Å². The number of aromatic amines is 1. The van der Waals surface area contributed by atoms with Gasteiger partial charge in [-0.25, -0.2) is 8.42 Å². The van der Waals surface area contributed by atoms with Crippen molar-refractivity contribution in [2.45, 2.75) is 4.90 Å². The maximum atomic E-state index is 12.1. The average molecular weight is 310 g/mol. The number of nitrogens with one attached hydrogen (secondary N) is 2. The number of hydrogen-bond acceptors (Lipinski definition) is 4. The number of benzene rings is 1. The molecular weight excluding hydrogens is 302 g/mol. The number of rotatable bonds is 3. The average Bonchev–Trinajstić information content (AvgIpc) is 2.41. The van der Waals surface area contributed by atoms with Crippen LogP contribution in [0.4, 0.5) is 5.69 Å². The number of hydrogen-bond donors (Lipinski definition) is 2. The van der Waals surface area contributed by atoms with Crippen LogP contribution >= 0.6 is 11.6 Å². The Morgan fingerprint density at radius 2 is 2.00 bits per heavy atom. The summed E-state index contributed by atoms with van der Waals surface area (Å²) in [5.41, 5.74) is -0.0426. The molecule has 1 aromatic carbocycles. The molecule has 0 unspecified atom stereocenters. The van der Waals surface area contributed by atoms with E-state index in [9.17, 15) is 13.2 Å². The number of H-pyrrole nitrogens is 1. The molecule has 20 heavy (non-hydrogen) atoms. The van der Waals surface area contributed by atoms with Crippen molar-refractivity contribution in [1.82, 2.24) is 4.98 Å². The van der Waals surface area contributed by atoms with Gasteiger partial charge in [0.05, 0.1) is 22.3 Å². The molecule has 6 nitrogen and oxygen atoms in total. The Morgan fingerprint density at radius 1 is 1.25 bits per heavy atom. The third-order valence-electron chi connectivity index (χ3n) is 2.41. The molecule has 0 saturated heterocycles. The van der Waals surface area contributed by atoms with Crippen molar-refractivity contribution in [3.05, 3.63) is 57.5 Å². The number of halogens is 1. The van der Waals surface area contributed by atoms with Crippen molar-refractivity contribution in [3.63, 3.8) is 0 Å². The van der Waals surface area contributed by atoms with E-state index in [1.165, 1.54) is 24.3 Å². The second-order valence-electron chi connectivity index (χ2n) is 3.80. The van der Waals surface area contributed by atoms with Crippen LogP contribution in [-0.4, -0.2) is 13.4 Å².